The molecule has 1 aliphatic rings. The Kier molecular flexibility index (Phi) is 3.56. The average Bonchev–Trinajstić information content (AvgIpc) is 2.88. The molecule has 6 heteroatoms. The lowest BCUT2D eigenvalue weighted by Gasteiger charge is -2.15. The Morgan fingerprint density at radius 2 is 2.24 bits per heavy atom. The topological polar surface area (TPSA) is 79.5 Å². The maximum atomic E-state index is 12.0. The predicted molar refractivity (Wildman–Crippen MR) is 61.8 cm³/mol. The molecule has 96 valence electrons. The molecule has 1 heterocycles. The molecule has 1 aromatic rings. The zero-order valence-corrected chi connectivity index (χ0v) is 10.5. The third-order valence-corrected chi connectivity index (χ3v) is 4.59. The first kappa shape index (κ1) is 12.6. The van der Waals surface area contributed by atoms with Gasteiger partial charge in [-0.1, -0.05) is 13.3 Å². The van der Waals surface area contributed by atoms with E-state index in [0.717, 1.165) is 19.3 Å². The summed E-state index contributed by atoms with van der Waals surface area (Å²) in [6.07, 6.45) is 2.97. The van der Waals surface area contributed by atoms with Gasteiger partial charge in [-0.05, 0) is 30.9 Å². The Morgan fingerprint density at radius 3 is 2.76 bits per heavy atom. The van der Waals surface area contributed by atoms with E-state index < -0.39 is 10.0 Å². The molecule has 0 aliphatic heterocycles. The molecule has 1 aliphatic carbocycles. The first-order chi connectivity index (χ1) is 8.03. The van der Waals surface area contributed by atoms with Crippen LogP contribution in [0.1, 0.15) is 31.9 Å². The van der Waals surface area contributed by atoms with Gasteiger partial charge in [0.25, 0.3) is 10.0 Å². The number of sulfonamides is 1. The minimum Gasteiger partial charge on any atom is -0.446 e. The fraction of sp³-hybridized carbons (Fsp3) is 0.636. The van der Waals surface area contributed by atoms with Crippen molar-refractivity contribution < 1.29 is 17.9 Å². The van der Waals surface area contributed by atoms with E-state index in [1.165, 1.54) is 12.1 Å². The van der Waals surface area contributed by atoms with E-state index in [-0.39, 0.29) is 23.5 Å². The van der Waals surface area contributed by atoms with Crippen LogP contribution in [0.2, 0.25) is 0 Å². The van der Waals surface area contributed by atoms with Gasteiger partial charge in [0.05, 0.1) is 0 Å². The SMILES string of the molecule is CC1CCCC1NS(=O)(=O)c1ccc(CO)o1. The second-order valence-electron chi connectivity index (χ2n) is 4.51. The lowest BCUT2D eigenvalue weighted by Crippen LogP contribution is -2.36. The second-order valence-corrected chi connectivity index (χ2v) is 6.16. The van der Waals surface area contributed by atoms with Crippen molar-refractivity contribution >= 4 is 10.0 Å². The smallest absolute Gasteiger partial charge is 0.274 e. The molecule has 17 heavy (non-hydrogen) atoms. The Hall–Kier alpha value is -0.850. The highest BCUT2D eigenvalue weighted by atomic mass is 32.2. The normalized spacial score (nSPS) is 25.3. The maximum Gasteiger partial charge on any atom is 0.274 e. The highest BCUT2D eigenvalue weighted by Gasteiger charge is 2.29. The van der Waals surface area contributed by atoms with Crippen LogP contribution in [-0.4, -0.2) is 19.6 Å². The molecule has 0 bridgehead atoms. The molecule has 1 fully saturated rings. The Labute approximate surface area is 101 Å². The van der Waals surface area contributed by atoms with Crippen LogP contribution in [0.3, 0.4) is 0 Å². The molecule has 2 unspecified atom stereocenters. The first-order valence-corrected chi connectivity index (χ1v) is 7.23. The maximum absolute atomic E-state index is 12.0. The van der Waals surface area contributed by atoms with Crippen molar-refractivity contribution in [1.82, 2.24) is 4.72 Å². The molecule has 0 amide bonds. The Balaban J connectivity index is 2.13. The minimum atomic E-state index is -3.59. The molecule has 2 atom stereocenters. The zero-order valence-electron chi connectivity index (χ0n) is 9.72. The molecule has 5 nitrogen and oxygen atoms in total. The molecular weight excluding hydrogens is 242 g/mol. The van der Waals surface area contributed by atoms with Crippen LogP contribution >= 0.6 is 0 Å². The average molecular weight is 259 g/mol. The summed E-state index contributed by atoms with van der Waals surface area (Å²) in [6, 6.07) is 2.82. The van der Waals surface area contributed by atoms with Crippen molar-refractivity contribution in [1.29, 1.82) is 0 Å². The van der Waals surface area contributed by atoms with Gasteiger partial charge < -0.3 is 9.52 Å². The van der Waals surface area contributed by atoms with Crippen LogP contribution in [0, 0.1) is 5.92 Å². The largest absolute Gasteiger partial charge is 0.446 e. The van der Waals surface area contributed by atoms with Gasteiger partial charge in [-0.25, -0.2) is 13.1 Å². The number of furan rings is 1. The van der Waals surface area contributed by atoms with Gasteiger partial charge in [0.1, 0.15) is 12.4 Å². The van der Waals surface area contributed by atoms with Crippen LogP contribution in [-0.2, 0) is 16.6 Å². The van der Waals surface area contributed by atoms with Crippen molar-refractivity contribution in [2.45, 2.75) is 43.9 Å². The fourth-order valence-electron chi connectivity index (χ4n) is 2.17. The zero-order chi connectivity index (χ0) is 12.5. The summed E-state index contributed by atoms with van der Waals surface area (Å²) >= 11 is 0. The number of rotatable bonds is 4. The molecular formula is C11H17NO4S. The molecule has 0 saturated heterocycles. The van der Waals surface area contributed by atoms with Crippen molar-refractivity contribution in [2.75, 3.05) is 0 Å². The van der Waals surface area contributed by atoms with Gasteiger partial charge in [0.2, 0.25) is 5.09 Å². The monoisotopic (exact) mass is 259 g/mol. The number of aliphatic hydroxyl groups is 1. The van der Waals surface area contributed by atoms with E-state index in [9.17, 15) is 8.42 Å². The van der Waals surface area contributed by atoms with Crippen molar-refractivity contribution in [3.8, 4) is 0 Å². The summed E-state index contributed by atoms with van der Waals surface area (Å²) in [7, 11) is -3.59. The highest BCUT2D eigenvalue weighted by Crippen LogP contribution is 2.26. The van der Waals surface area contributed by atoms with Crippen molar-refractivity contribution in [2.24, 2.45) is 5.92 Å². The molecule has 0 aromatic carbocycles. The van der Waals surface area contributed by atoms with E-state index in [4.69, 9.17) is 9.52 Å². The summed E-state index contributed by atoms with van der Waals surface area (Å²) < 4.78 is 31.7. The summed E-state index contributed by atoms with van der Waals surface area (Å²) in [5.41, 5.74) is 0. The number of hydrogen-bond acceptors (Lipinski definition) is 4. The Morgan fingerprint density at radius 1 is 1.47 bits per heavy atom. The van der Waals surface area contributed by atoms with E-state index in [1.807, 2.05) is 6.92 Å². The quantitative estimate of drug-likeness (QED) is 0.852. The molecule has 0 spiro atoms. The molecule has 1 aromatic heterocycles. The lowest BCUT2D eigenvalue weighted by molar-refractivity contribution is 0.236. The summed E-state index contributed by atoms with van der Waals surface area (Å²) in [5.74, 6) is 0.613. The van der Waals surface area contributed by atoms with Crippen LogP contribution < -0.4 is 4.72 Å². The van der Waals surface area contributed by atoms with Crippen LogP contribution in [0.5, 0.6) is 0 Å². The summed E-state index contributed by atoms with van der Waals surface area (Å²) in [4.78, 5) is 0. The van der Waals surface area contributed by atoms with Crippen molar-refractivity contribution in [3.63, 3.8) is 0 Å². The molecule has 2 rings (SSSR count). The summed E-state index contributed by atoms with van der Waals surface area (Å²) in [5, 5.41) is 8.71. The standard InChI is InChI=1S/C11H17NO4S/c1-8-3-2-4-10(8)12-17(14,15)11-6-5-9(7-13)16-11/h5-6,8,10,12-13H,2-4,7H2,1H3. The van der Waals surface area contributed by atoms with Crippen molar-refractivity contribution in [3.05, 3.63) is 17.9 Å². The predicted octanol–water partition coefficient (Wildman–Crippen LogP) is 1.24. The van der Waals surface area contributed by atoms with E-state index in [0.29, 0.717) is 5.92 Å². The fourth-order valence-corrected chi connectivity index (χ4v) is 3.49. The molecule has 2 N–H and O–H groups in total. The van der Waals surface area contributed by atoms with Crippen LogP contribution in [0.4, 0.5) is 0 Å². The third-order valence-electron chi connectivity index (χ3n) is 3.23. The molecule has 0 radical (unpaired) electrons. The minimum absolute atomic E-state index is 0.0114. The highest BCUT2D eigenvalue weighted by molar-refractivity contribution is 7.89. The molecule has 1 saturated carbocycles. The third kappa shape index (κ3) is 2.70. The van der Waals surface area contributed by atoms with Crippen LogP contribution in [0.25, 0.3) is 0 Å². The van der Waals surface area contributed by atoms with Gasteiger partial charge in [-0.2, -0.15) is 0 Å². The van der Waals surface area contributed by atoms with E-state index >= 15 is 0 Å². The van der Waals surface area contributed by atoms with Crippen LogP contribution in [0.15, 0.2) is 21.6 Å². The number of aliphatic hydroxyl groups excluding tert-OH is 1. The van der Waals surface area contributed by atoms with Gasteiger partial charge in [0.15, 0.2) is 0 Å². The van der Waals surface area contributed by atoms with Gasteiger partial charge in [0, 0.05) is 6.04 Å². The van der Waals surface area contributed by atoms with Gasteiger partial charge in [-0.3, -0.25) is 0 Å². The van der Waals surface area contributed by atoms with E-state index in [1.54, 1.807) is 0 Å². The first-order valence-electron chi connectivity index (χ1n) is 5.75. The van der Waals surface area contributed by atoms with Gasteiger partial charge >= 0.3 is 0 Å². The Bertz CT molecular complexity index is 479. The summed E-state index contributed by atoms with van der Waals surface area (Å²) in [6.45, 7) is 1.75. The van der Waals surface area contributed by atoms with Gasteiger partial charge in [-0.15, -0.1) is 0 Å². The second kappa shape index (κ2) is 4.80. The number of hydrogen-bond donors (Lipinski definition) is 2. The lowest BCUT2D eigenvalue weighted by atomic mass is 10.1. The number of nitrogens with one attached hydrogen (secondary N) is 1. The van der Waals surface area contributed by atoms with E-state index in [2.05, 4.69) is 4.72 Å².